The minimum absolute atomic E-state index is 0.587. The Morgan fingerprint density at radius 2 is 1.83 bits per heavy atom. The summed E-state index contributed by atoms with van der Waals surface area (Å²) in [5.74, 6) is 1.87. The standard InChI is InChI=1S/C17H33N/c1-5-14-8-9-16(13(14)2)18-15-7-6-11-17(3,4)12-10-15/h13-16,18H,5-12H2,1-4H3. The maximum atomic E-state index is 4.01. The zero-order valence-electron chi connectivity index (χ0n) is 13.0. The van der Waals surface area contributed by atoms with E-state index in [2.05, 4.69) is 33.0 Å². The maximum absolute atomic E-state index is 4.01. The largest absolute Gasteiger partial charge is 0.311 e. The van der Waals surface area contributed by atoms with Crippen LogP contribution in [0.4, 0.5) is 0 Å². The van der Waals surface area contributed by atoms with E-state index < -0.39 is 0 Å². The van der Waals surface area contributed by atoms with Gasteiger partial charge in [0, 0.05) is 12.1 Å². The lowest BCUT2D eigenvalue weighted by Gasteiger charge is -2.27. The van der Waals surface area contributed by atoms with Gasteiger partial charge in [-0.2, -0.15) is 0 Å². The molecule has 18 heavy (non-hydrogen) atoms. The van der Waals surface area contributed by atoms with Crippen molar-refractivity contribution in [3.05, 3.63) is 0 Å². The summed E-state index contributed by atoms with van der Waals surface area (Å²) in [5, 5.41) is 4.01. The van der Waals surface area contributed by atoms with Crippen LogP contribution in [0.15, 0.2) is 0 Å². The Morgan fingerprint density at radius 3 is 2.50 bits per heavy atom. The molecular weight excluding hydrogens is 218 g/mol. The van der Waals surface area contributed by atoms with Crippen LogP contribution in [-0.4, -0.2) is 12.1 Å². The highest BCUT2D eigenvalue weighted by Gasteiger charge is 2.33. The summed E-state index contributed by atoms with van der Waals surface area (Å²) in [6.45, 7) is 9.72. The van der Waals surface area contributed by atoms with Gasteiger partial charge in [0.15, 0.2) is 0 Å². The van der Waals surface area contributed by atoms with Crippen LogP contribution in [0.3, 0.4) is 0 Å². The second-order valence-electron chi connectivity index (χ2n) is 7.67. The maximum Gasteiger partial charge on any atom is 0.00980 e. The van der Waals surface area contributed by atoms with Crippen molar-refractivity contribution in [3.8, 4) is 0 Å². The summed E-state index contributed by atoms with van der Waals surface area (Å²) in [6.07, 6.45) is 11.3. The van der Waals surface area contributed by atoms with Gasteiger partial charge < -0.3 is 5.32 Å². The predicted molar refractivity (Wildman–Crippen MR) is 79.8 cm³/mol. The highest BCUT2D eigenvalue weighted by molar-refractivity contribution is 4.89. The minimum Gasteiger partial charge on any atom is -0.311 e. The average molecular weight is 251 g/mol. The van der Waals surface area contributed by atoms with Crippen molar-refractivity contribution < 1.29 is 0 Å². The Bertz CT molecular complexity index is 258. The van der Waals surface area contributed by atoms with Crippen LogP contribution >= 0.6 is 0 Å². The number of rotatable bonds is 3. The molecular formula is C17H33N. The van der Waals surface area contributed by atoms with Gasteiger partial charge in [-0.15, -0.1) is 0 Å². The van der Waals surface area contributed by atoms with E-state index in [9.17, 15) is 0 Å². The van der Waals surface area contributed by atoms with Crippen molar-refractivity contribution in [2.45, 2.75) is 91.1 Å². The molecule has 106 valence electrons. The predicted octanol–water partition coefficient (Wildman–Crippen LogP) is 4.76. The summed E-state index contributed by atoms with van der Waals surface area (Å²) >= 11 is 0. The molecule has 1 heteroatoms. The van der Waals surface area contributed by atoms with E-state index in [4.69, 9.17) is 0 Å². The van der Waals surface area contributed by atoms with Crippen molar-refractivity contribution in [1.29, 1.82) is 0 Å². The smallest absolute Gasteiger partial charge is 0.00980 e. The van der Waals surface area contributed by atoms with E-state index in [0.29, 0.717) is 5.41 Å². The third-order valence-corrected chi connectivity index (χ3v) is 5.78. The highest BCUT2D eigenvalue weighted by atomic mass is 15.0. The van der Waals surface area contributed by atoms with Crippen LogP contribution < -0.4 is 5.32 Å². The van der Waals surface area contributed by atoms with Crippen molar-refractivity contribution in [3.63, 3.8) is 0 Å². The average Bonchev–Trinajstić information content (AvgIpc) is 2.57. The van der Waals surface area contributed by atoms with Gasteiger partial charge >= 0.3 is 0 Å². The zero-order chi connectivity index (χ0) is 13.2. The lowest BCUT2D eigenvalue weighted by molar-refractivity contribution is 0.290. The van der Waals surface area contributed by atoms with Crippen molar-refractivity contribution >= 4 is 0 Å². The van der Waals surface area contributed by atoms with Gasteiger partial charge in [0.25, 0.3) is 0 Å². The number of hydrogen-bond donors (Lipinski definition) is 1. The Kier molecular flexibility index (Phi) is 4.75. The van der Waals surface area contributed by atoms with Gasteiger partial charge in [-0.3, -0.25) is 0 Å². The van der Waals surface area contributed by atoms with Crippen molar-refractivity contribution in [1.82, 2.24) is 5.32 Å². The lowest BCUT2D eigenvalue weighted by Crippen LogP contribution is -2.40. The first-order valence-corrected chi connectivity index (χ1v) is 8.28. The summed E-state index contributed by atoms with van der Waals surface area (Å²) in [7, 11) is 0. The Balaban J connectivity index is 1.83. The summed E-state index contributed by atoms with van der Waals surface area (Å²) in [5.41, 5.74) is 0.587. The highest BCUT2D eigenvalue weighted by Crippen LogP contribution is 2.37. The monoisotopic (exact) mass is 251 g/mol. The van der Waals surface area contributed by atoms with E-state index in [-0.39, 0.29) is 0 Å². The fourth-order valence-electron chi connectivity index (χ4n) is 4.19. The van der Waals surface area contributed by atoms with E-state index >= 15 is 0 Å². The molecule has 2 aliphatic rings. The minimum atomic E-state index is 0.587. The molecule has 0 radical (unpaired) electrons. The first-order valence-electron chi connectivity index (χ1n) is 8.28. The molecule has 0 aromatic heterocycles. The van der Waals surface area contributed by atoms with Crippen LogP contribution in [0.5, 0.6) is 0 Å². The van der Waals surface area contributed by atoms with E-state index in [1.54, 1.807) is 0 Å². The molecule has 0 aromatic rings. The number of nitrogens with one attached hydrogen (secondary N) is 1. The molecule has 0 heterocycles. The van der Waals surface area contributed by atoms with Crippen LogP contribution in [-0.2, 0) is 0 Å². The molecule has 4 unspecified atom stereocenters. The molecule has 0 spiro atoms. The summed E-state index contributed by atoms with van der Waals surface area (Å²) < 4.78 is 0. The number of hydrogen-bond acceptors (Lipinski definition) is 1. The quantitative estimate of drug-likeness (QED) is 0.713. The summed E-state index contributed by atoms with van der Waals surface area (Å²) in [4.78, 5) is 0. The molecule has 0 aromatic carbocycles. The Labute approximate surface area is 114 Å². The fourth-order valence-corrected chi connectivity index (χ4v) is 4.19. The van der Waals surface area contributed by atoms with E-state index in [1.165, 1.54) is 51.4 Å². The van der Waals surface area contributed by atoms with Gasteiger partial charge in [0.2, 0.25) is 0 Å². The molecule has 2 aliphatic carbocycles. The first kappa shape index (κ1) is 14.4. The Hall–Kier alpha value is -0.0400. The normalized spacial score (nSPS) is 40.7. The van der Waals surface area contributed by atoms with Gasteiger partial charge in [0.05, 0.1) is 0 Å². The van der Waals surface area contributed by atoms with E-state index in [0.717, 1.165) is 23.9 Å². The van der Waals surface area contributed by atoms with Crippen LogP contribution in [0.25, 0.3) is 0 Å². The van der Waals surface area contributed by atoms with E-state index in [1.807, 2.05) is 0 Å². The third kappa shape index (κ3) is 3.50. The second kappa shape index (κ2) is 5.94. The van der Waals surface area contributed by atoms with Crippen LogP contribution in [0.2, 0.25) is 0 Å². The van der Waals surface area contributed by atoms with Gasteiger partial charge in [-0.05, 0) is 55.8 Å². The van der Waals surface area contributed by atoms with Crippen LogP contribution in [0.1, 0.15) is 79.1 Å². The molecule has 2 rings (SSSR count). The first-order chi connectivity index (χ1) is 8.52. The van der Waals surface area contributed by atoms with Crippen LogP contribution in [0, 0.1) is 17.3 Å². The van der Waals surface area contributed by atoms with Gasteiger partial charge in [-0.25, -0.2) is 0 Å². The molecule has 2 fully saturated rings. The van der Waals surface area contributed by atoms with Gasteiger partial charge in [0.1, 0.15) is 0 Å². The molecule has 0 amide bonds. The molecule has 0 bridgehead atoms. The second-order valence-corrected chi connectivity index (χ2v) is 7.67. The lowest BCUT2D eigenvalue weighted by atomic mass is 9.85. The molecule has 0 aliphatic heterocycles. The third-order valence-electron chi connectivity index (χ3n) is 5.78. The summed E-state index contributed by atoms with van der Waals surface area (Å²) in [6, 6.07) is 1.61. The molecule has 4 atom stereocenters. The van der Waals surface area contributed by atoms with Crippen molar-refractivity contribution in [2.75, 3.05) is 0 Å². The molecule has 1 nitrogen and oxygen atoms in total. The fraction of sp³-hybridized carbons (Fsp3) is 1.00. The molecule has 0 saturated heterocycles. The Morgan fingerprint density at radius 1 is 1.06 bits per heavy atom. The SMILES string of the molecule is CCC1CCC(NC2CCCC(C)(C)CC2)C1C. The van der Waals surface area contributed by atoms with Crippen molar-refractivity contribution in [2.24, 2.45) is 17.3 Å². The zero-order valence-corrected chi connectivity index (χ0v) is 13.0. The van der Waals surface area contributed by atoms with Gasteiger partial charge in [-0.1, -0.05) is 40.5 Å². The molecule has 1 N–H and O–H groups in total. The molecule has 2 saturated carbocycles. The topological polar surface area (TPSA) is 12.0 Å².